The van der Waals surface area contributed by atoms with Gasteiger partial charge in [0.1, 0.15) is 11.6 Å². The van der Waals surface area contributed by atoms with Gasteiger partial charge in [-0.1, -0.05) is 0 Å². The summed E-state index contributed by atoms with van der Waals surface area (Å²) >= 11 is 0. The highest BCUT2D eigenvalue weighted by Crippen LogP contribution is 2.35. The van der Waals surface area contributed by atoms with Crippen LogP contribution < -0.4 is 15.2 Å². The van der Waals surface area contributed by atoms with Gasteiger partial charge in [-0.3, -0.25) is 0 Å². The maximum absolute atomic E-state index is 5.70. The predicted octanol–water partition coefficient (Wildman–Crippen LogP) is 1.76. The second-order valence-corrected chi connectivity index (χ2v) is 3.79. The molecule has 1 aliphatic heterocycles. The summed E-state index contributed by atoms with van der Waals surface area (Å²) in [5.41, 5.74) is 7.42. The number of aryl methyl sites for hydroxylation is 1. The van der Waals surface area contributed by atoms with E-state index in [1.165, 1.54) is 0 Å². The third-order valence-corrected chi connectivity index (χ3v) is 2.53. The average Bonchev–Trinajstić information content (AvgIpc) is 2.74. The number of aromatic nitrogens is 2. The number of benzene rings is 1. The Morgan fingerprint density at radius 2 is 1.94 bits per heavy atom. The van der Waals surface area contributed by atoms with Crippen molar-refractivity contribution in [2.75, 3.05) is 12.5 Å². The van der Waals surface area contributed by atoms with Gasteiger partial charge in [0.15, 0.2) is 11.5 Å². The van der Waals surface area contributed by atoms with Crippen molar-refractivity contribution < 1.29 is 9.47 Å². The molecule has 5 heteroatoms. The van der Waals surface area contributed by atoms with Gasteiger partial charge in [0, 0.05) is 11.6 Å². The summed E-state index contributed by atoms with van der Waals surface area (Å²) in [7, 11) is 0. The van der Waals surface area contributed by atoms with Crippen LogP contribution in [-0.4, -0.2) is 16.8 Å². The largest absolute Gasteiger partial charge is 0.454 e. The van der Waals surface area contributed by atoms with Crippen molar-refractivity contribution in [3.8, 4) is 22.8 Å². The zero-order chi connectivity index (χ0) is 11.8. The number of fused-ring (bicyclic) bond motifs is 1. The first-order valence-corrected chi connectivity index (χ1v) is 5.23. The highest BCUT2D eigenvalue weighted by atomic mass is 16.7. The molecule has 3 rings (SSSR count). The van der Waals surface area contributed by atoms with E-state index < -0.39 is 0 Å². The molecule has 17 heavy (non-hydrogen) atoms. The lowest BCUT2D eigenvalue weighted by Gasteiger charge is -2.04. The summed E-state index contributed by atoms with van der Waals surface area (Å²) < 4.78 is 10.6. The van der Waals surface area contributed by atoms with E-state index in [0.717, 1.165) is 22.8 Å². The quantitative estimate of drug-likeness (QED) is 0.806. The number of ether oxygens (including phenoxy) is 2. The van der Waals surface area contributed by atoms with Crippen LogP contribution in [0.1, 0.15) is 5.82 Å². The normalized spacial score (nSPS) is 12.8. The van der Waals surface area contributed by atoms with E-state index in [0.29, 0.717) is 11.6 Å². The van der Waals surface area contributed by atoms with Crippen LogP contribution in [0.2, 0.25) is 0 Å². The first kappa shape index (κ1) is 9.89. The van der Waals surface area contributed by atoms with Crippen molar-refractivity contribution in [1.82, 2.24) is 9.97 Å². The Bertz CT molecular complexity index is 564. The predicted molar refractivity (Wildman–Crippen MR) is 62.7 cm³/mol. The van der Waals surface area contributed by atoms with E-state index >= 15 is 0 Å². The number of nitrogens with two attached hydrogens (primary N) is 1. The van der Waals surface area contributed by atoms with E-state index in [4.69, 9.17) is 15.2 Å². The number of hydrogen-bond donors (Lipinski definition) is 1. The van der Waals surface area contributed by atoms with Crippen LogP contribution in [0.3, 0.4) is 0 Å². The third-order valence-electron chi connectivity index (χ3n) is 2.53. The molecule has 0 saturated heterocycles. The minimum atomic E-state index is 0.268. The van der Waals surface area contributed by atoms with Crippen molar-refractivity contribution in [1.29, 1.82) is 0 Å². The van der Waals surface area contributed by atoms with Crippen LogP contribution in [-0.2, 0) is 0 Å². The Morgan fingerprint density at radius 3 is 2.76 bits per heavy atom. The summed E-state index contributed by atoms with van der Waals surface area (Å²) in [5, 5.41) is 0. The Kier molecular flexibility index (Phi) is 2.11. The Morgan fingerprint density at radius 1 is 1.12 bits per heavy atom. The molecule has 2 N–H and O–H groups in total. The minimum absolute atomic E-state index is 0.268. The van der Waals surface area contributed by atoms with E-state index in [1.807, 2.05) is 25.1 Å². The fourth-order valence-electron chi connectivity index (χ4n) is 1.79. The van der Waals surface area contributed by atoms with E-state index in [9.17, 15) is 0 Å². The second-order valence-electron chi connectivity index (χ2n) is 3.79. The molecule has 0 radical (unpaired) electrons. The van der Waals surface area contributed by atoms with E-state index in [2.05, 4.69) is 9.97 Å². The van der Waals surface area contributed by atoms with E-state index in [-0.39, 0.29) is 6.79 Å². The van der Waals surface area contributed by atoms with Crippen LogP contribution >= 0.6 is 0 Å². The topological polar surface area (TPSA) is 70.3 Å². The third kappa shape index (κ3) is 1.75. The molecule has 0 aliphatic carbocycles. The van der Waals surface area contributed by atoms with Crippen LogP contribution in [0, 0.1) is 6.92 Å². The first-order chi connectivity index (χ1) is 8.22. The van der Waals surface area contributed by atoms with E-state index in [1.54, 1.807) is 6.07 Å². The molecule has 1 aliphatic rings. The molecule has 2 aromatic rings. The number of rotatable bonds is 1. The zero-order valence-electron chi connectivity index (χ0n) is 9.30. The van der Waals surface area contributed by atoms with Crippen molar-refractivity contribution >= 4 is 5.82 Å². The molecule has 0 atom stereocenters. The maximum atomic E-state index is 5.70. The first-order valence-electron chi connectivity index (χ1n) is 5.23. The molecule has 2 heterocycles. The lowest BCUT2D eigenvalue weighted by atomic mass is 10.1. The maximum Gasteiger partial charge on any atom is 0.231 e. The molecule has 0 amide bonds. The summed E-state index contributed by atoms with van der Waals surface area (Å²) in [6, 6.07) is 7.42. The summed E-state index contributed by atoms with van der Waals surface area (Å²) in [6.45, 7) is 2.08. The van der Waals surface area contributed by atoms with Gasteiger partial charge in [-0.15, -0.1) is 0 Å². The molecular formula is C12H11N3O2. The molecule has 86 valence electrons. The molecule has 0 spiro atoms. The molecular weight excluding hydrogens is 218 g/mol. The number of nitrogen functional groups attached to an aromatic ring is 1. The van der Waals surface area contributed by atoms with Crippen molar-refractivity contribution in [3.05, 3.63) is 30.1 Å². The minimum Gasteiger partial charge on any atom is -0.454 e. The number of anilines is 1. The molecule has 0 bridgehead atoms. The smallest absolute Gasteiger partial charge is 0.231 e. The second kappa shape index (κ2) is 3.62. The fourth-order valence-corrected chi connectivity index (χ4v) is 1.79. The number of hydrogen-bond acceptors (Lipinski definition) is 5. The Labute approximate surface area is 98.2 Å². The molecule has 0 unspecified atom stereocenters. The van der Waals surface area contributed by atoms with Crippen molar-refractivity contribution in [2.45, 2.75) is 6.92 Å². The monoisotopic (exact) mass is 229 g/mol. The highest BCUT2D eigenvalue weighted by Gasteiger charge is 2.14. The lowest BCUT2D eigenvalue weighted by molar-refractivity contribution is 0.174. The van der Waals surface area contributed by atoms with Crippen LogP contribution in [0.4, 0.5) is 5.82 Å². The van der Waals surface area contributed by atoms with Crippen molar-refractivity contribution in [2.24, 2.45) is 0 Å². The highest BCUT2D eigenvalue weighted by molar-refractivity contribution is 5.66. The van der Waals surface area contributed by atoms with Crippen LogP contribution in [0.25, 0.3) is 11.3 Å². The Hall–Kier alpha value is -2.30. The van der Waals surface area contributed by atoms with Gasteiger partial charge in [-0.05, 0) is 25.1 Å². The molecule has 0 saturated carbocycles. The Balaban J connectivity index is 2.09. The van der Waals surface area contributed by atoms with Gasteiger partial charge in [-0.2, -0.15) is 0 Å². The van der Waals surface area contributed by atoms with Gasteiger partial charge < -0.3 is 15.2 Å². The summed E-state index contributed by atoms with van der Waals surface area (Å²) in [4.78, 5) is 8.39. The van der Waals surface area contributed by atoms with Gasteiger partial charge in [0.2, 0.25) is 6.79 Å². The van der Waals surface area contributed by atoms with Gasteiger partial charge >= 0.3 is 0 Å². The van der Waals surface area contributed by atoms with Crippen LogP contribution in [0.5, 0.6) is 11.5 Å². The summed E-state index contributed by atoms with van der Waals surface area (Å²) in [5.74, 6) is 2.60. The number of nitrogens with zero attached hydrogens (tertiary/aromatic N) is 2. The SMILES string of the molecule is Cc1nc(N)cc(-c2ccc3c(c2)OCO3)n1. The zero-order valence-corrected chi connectivity index (χ0v) is 9.30. The van der Waals surface area contributed by atoms with Gasteiger partial charge in [0.25, 0.3) is 0 Å². The average molecular weight is 229 g/mol. The molecule has 0 fully saturated rings. The van der Waals surface area contributed by atoms with Gasteiger partial charge in [-0.25, -0.2) is 9.97 Å². The standard InChI is InChI=1S/C12H11N3O2/c1-7-14-9(5-12(13)15-7)8-2-3-10-11(4-8)17-6-16-10/h2-5H,6H2,1H3,(H2,13,14,15). The summed E-state index contributed by atoms with van der Waals surface area (Å²) in [6.07, 6.45) is 0. The fraction of sp³-hybridized carbons (Fsp3) is 0.167. The van der Waals surface area contributed by atoms with Crippen LogP contribution in [0.15, 0.2) is 24.3 Å². The lowest BCUT2D eigenvalue weighted by Crippen LogP contribution is -1.97. The van der Waals surface area contributed by atoms with Crippen molar-refractivity contribution in [3.63, 3.8) is 0 Å². The molecule has 1 aromatic heterocycles. The molecule has 5 nitrogen and oxygen atoms in total. The van der Waals surface area contributed by atoms with Gasteiger partial charge in [0.05, 0.1) is 5.69 Å². The molecule has 1 aromatic carbocycles.